The summed E-state index contributed by atoms with van der Waals surface area (Å²) in [7, 11) is -9.90. The summed E-state index contributed by atoms with van der Waals surface area (Å²) in [4.78, 5) is 72.4. The number of aliphatic hydroxyl groups excluding tert-OH is 1. The molecule has 19 heteroatoms. The number of aliphatic hydroxyl groups is 1. The molecule has 0 aliphatic heterocycles. The Morgan fingerprint density at radius 1 is 0.300 bits per heavy atom. The molecular weight excluding hydrogens is 1190 g/mol. The molecule has 0 aliphatic carbocycles. The molecule has 90 heavy (non-hydrogen) atoms. The van der Waals surface area contributed by atoms with Gasteiger partial charge in [0.1, 0.15) is 19.3 Å². The Kier molecular flexibility index (Phi) is 60.6. The maximum atomic E-state index is 13.0. The first-order valence-electron chi connectivity index (χ1n) is 36.8. The van der Waals surface area contributed by atoms with Crippen LogP contribution in [-0.2, 0) is 65.4 Å². The van der Waals surface area contributed by atoms with Crippen molar-refractivity contribution in [3.05, 3.63) is 0 Å². The number of carbonyl (C=O) groups is 4. The van der Waals surface area contributed by atoms with E-state index in [4.69, 9.17) is 37.0 Å². The molecule has 0 rings (SSSR count). The summed E-state index contributed by atoms with van der Waals surface area (Å²) >= 11 is 0. The highest BCUT2D eigenvalue weighted by Gasteiger charge is 2.30. The van der Waals surface area contributed by atoms with Gasteiger partial charge in [0.15, 0.2) is 12.2 Å². The van der Waals surface area contributed by atoms with Crippen molar-refractivity contribution in [1.82, 2.24) is 0 Å². The van der Waals surface area contributed by atoms with E-state index in [2.05, 4.69) is 48.5 Å². The molecule has 0 spiro atoms. The Morgan fingerprint density at radius 3 is 0.756 bits per heavy atom. The van der Waals surface area contributed by atoms with Gasteiger partial charge in [-0.05, 0) is 43.4 Å². The first-order chi connectivity index (χ1) is 43.2. The lowest BCUT2D eigenvalue weighted by atomic mass is 10.0. The molecule has 17 nitrogen and oxygen atoms in total. The second-order valence-corrected chi connectivity index (χ2v) is 30.0. The minimum atomic E-state index is -4.95. The van der Waals surface area contributed by atoms with E-state index in [0.29, 0.717) is 25.7 Å². The van der Waals surface area contributed by atoms with Crippen LogP contribution >= 0.6 is 15.6 Å². The summed E-state index contributed by atoms with van der Waals surface area (Å²) in [5.41, 5.74) is 0. The molecule has 0 aromatic carbocycles. The quantitative estimate of drug-likeness (QED) is 0.0222. The van der Waals surface area contributed by atoms with Gasteiger partial charge >= 0.3 is 39.5 Å². The van der Waals surface area contributed by atoms with Crippen LogP contribution in [0.1, 0.15) is 357 Å². The summed E-state index contributed by atoms with van der Waals surface area (Å²) in [6, 6.07) is 0. The van der Waals surface area contributed by atoms with Gasteiger partial charge in [0.05, 0.1) is 26.4 Å². The van der Waals surface area contributed by atoms with Crippen LogP contribution < -0.4 is 0 Å². The standard InChI is InChI=1S/C71H138O17P2/c1-8-9-10-11-28-38-45-52-68(73)81-58-66(88-71(76)55-48-41-34-27-26-31-37-44-51-64(6)7)60-85-89(77,78)83-56-65(72)57-84-90(79,80)86-61-67(59-82-69(74)53-46-39-32-24-21-20-23-30-36-43-50-63(4)5)87-70(75)54-47-40-33-25-19-17-15-13-12-14-16-18-22-29-35-42-49-62(2)3/h62-67,72H,8-61H2,1-7H3,(H,77,78)(H,79,80)/t65-,66+,67+/m0/s1. The predicted molar refractivity (Wildman–Crippen MR) is 363 cm³/mol. The molecule has 3 N–H and O–H groups in total. The van der Waals surface area contributed by atoms with Crippen molar-refractivity contribution in [2.45, 2.75) is 375 Å². The van der Waals surface area contributed by atoms with E-state index in [0.717, 1.165) is 120 Å². The zero-order chi connectivity index (χ0) is 66.6. The third-order valence-corrected chi connectivity index (χ3v) is 18.3. The second kappa shape index (κ2) is 61.9. The van der Waals surface area contributed by atoms with Gasteiger partial charge in [-0.25, -0.2) is 9.13 Å². The van der Waals surface area contributed by atoms with Gasteiger partial charge in [0.2, 0.25) is 0 Å². The molecule has 0 bridgehead atoms. The summed E-state index contributed by atoms with van der Waals surface area (Å²) < 4.78 is 68.2. The molecule has 0 fully saturated rings. The Bertz CT molecular complexity index is 1770. The van der Waals surface area contributed by atoms with E-state index >= 15 is 0 Å². The fourth-order valence-corrected chi connectivity index (χ4v) is 12.3. The van der Waals surface area contributed by atoms with Crippen molar-refractivity contribution in [1.29, 1.82) is 0 Å². The number of hydrogen-bond donors (Lipinski definition) is 3. The minimum Gasteiger partial charge on any atom is -0.462 e. The molecule has 5 atom stereocenters. The third kappa shape index (κ3) is 64.8. The van der Waals surface area contributed by atoms with E-state index in [9.17, 15) is 43.2 Å². The first-order valence-corrected chi connectivity index (χ1v) is 39.8. The third-order valence-electron chi connectivity index (χ3n) is 16.4. The van der Waals surface area contributed by atoms with Gasteiger partial charge < -0.3 is 33.8 Å². The fraction of sp³-hybridized carbons (Fsp3) is 0.944. The average molecular weight is 1330 g/mol. The largest absolute Gasteiger partial charge is 0.472 e. The maximum Gasteiger partial charge on any atom is 0.472 e. The fourth-order valence-electron chi connectivity index (χ4n) is 10.7. The monoisotopic (exact) mass is 1320 g/mol. The molecular formula is C71H138O17P2. The molecule has 0 saturated carbocycles. The molecule has 0 heterocycles. The van der Waals surface area contributed by atoms with Crippen LogP contribution in [0.4, 0.5) is 0 Å². The van der Waals surface area contributed by atoms with Gasteiger partial charge in [-0.2, -0.15) is 0 Å². The maximum absolute atomic E-state index is 13.0. The normalized spacial score (nSPS) is 14.2. The highest BCUT2D eigenvalue weighted by Crippen LogP contribution is 2.45. The number of esters is 4. The number of hydrogen-bond acceptors (Lipinski definition) is 15. The number of unbranched alkanes of at least 4 members (excludes halogenated alkanes) is 37. The lowest BCUT2D eigenvalue weighted by Gasteiger charge is -2.21. The van der Waals surface area contributed by atoms with Gasteiger partial charge in [-0.15, -0.1) is 0 Å². The van der Waals surface area contributed by atoms with Crippen molar-refractivity contribution >= 4 is 39.5 Å². The van der Waals surface area contributed by atoms with Crippen molar-refractivity contribution in [2.75, 3.05) is 39.6 Å². The van der Waals surface area contributed by atoms with Crippen molar-refractivity contribution < 1.29 is 80.2 Å². The van der Waals surface area contributed by atoms with Crippen molar-refractivity contribution in [3.63, 3.8) is 0 Å². The average Bonchev–Trinajstić information content (AvgIpc) is 3.66. The number of ether oxygens (including phenoxy) is 4. The first kappa shape index (κ1) is 88.1. The van der Waals surface area contributed by atoms with Crippen LogP contribution in [-0.4, -0.2) is 96.7 Å². The summed E-state index contributed by atoms with van der Waals surface area (Å²) in [5, 5.41) is 10.6. The molecule has 0 radical (unpaired) electrons. The molecule has 2 unspecified atom stereocenters. The Balaban J connectivity index is 5.18. The molecule has 0 amide bonds. The number of phosphoric ester groups is 2. The summed E-state index contributed by atoms with van der Waals surface area (Å²) in [6.07, 6.45) is 46.0. The highest BCUT2D eigenvalue weighted by molar-refractivity contribution is 7.47. The second-order valence-electron chi connectivity index (χ2n) is 27.1. The van der Waals surface area contributed by atoms with Gasteiger partial charge in [-0.1, -0.05) is 305 Å². The Labute approximate surface area is 549 Å². The van der Waals surface area contributed by atoms with Crippen LogP contribution in [0, 0.1) is 17.8 Å². The summed E-state index contributed by atoms with van der Waals surface area (Å²) in [6.45, 7) is 11.8. The number of phosphoric acid groups is 2. The Morgan fingerprint density at radius 2 is 0.511 bits per heavy atom. The molecule has 534 valence electrons. The lowest BCUT2D eigenvalue weighted by Crippen LogP contribution is -2.30. The SMILES string of the molecule is CCCCCCCCCC(=O)OC[C@H](COP(=O)(O)OC[C@H](O)COP(=O)(O)OC[C@@H](COC(=O)CCCCCCCCCCCCC(C)C)OC(=O)CCCCCCCCCCCCCCCCCCC(C)C)OC(=O)CCCCCCCCCCC(C)C. The van der Waals surface area contributed by atoms with E-state index in [1.165, 1.54) is 154 Å². The number of carbonyl (C=O) groups excluding carboxylic acids is 4. The lowest BCUT2D eigenvalue weighted by molar-refractivity contribution is -0.161. The van der Waals surface area contributed by atoms with E-state index in [1.54, 1.807) is 0 Å². The zero-order valence-corrected chi connectivity index (χ0v) is 60.4. The van der Waals surface area contributed by atoms with Crippen LogP contribution in [0.25, 0.3) is 0 Å². The van der Waals surface area contributed by atoms with E-state index in [1.807, 2.05) is 0 Å². The predicted octanol–water partition coefficient (Wildman–Crippen LogP) is 20.2. The highest BCUT2D eigenvalue weighted by atomic mass is 31.2. The van der Waals surface area contributed by atoms with Crippen LogP contribution in [0.3, 0.4) is 0 Å². The van der Waals surface area contributed by atoms with Gasteiger partial charge in [-0.3, -0.25) is 37.3 Å². The van der Waals surface area contributed by atoms with Crippen molar-refractivity contribution in [3.8, 4) is 0 Å². The van der Waals surface area contributed by atoms with Gasteiger partial charge in [0, 0.05) is 25.7 Å². The smallest absolute Gasteiger partial charge is 0.462 e. The Hall–Kier alpha value is -1.94. The van der Waals surface area contributed by atoms with Crippen LogP contribution in [0.5, 0.6) is 0 Å². The van der Waals surface area contributed by atoms with E-state index in [-0.39, 0.29) is 25.7 Å². The number of rotatable bonds is 69. The summed E-state index contributed by atoms with van der Waals surface area (Å²) in [5.74, 6) is 0.155. The molecule has 0 saturated heterocycles. The van der Waals surface area contributed by atoms with Crippen LogP contribution in [0.15, 0.2) is 0 Å². The van der Waals surface area contributed by atoms with Crippen molar-refractivity contribution in [2.24, 2.45) is 17.8 Å². The topological polar surface area (TPSA) is 237 Å². The molecule has 0 aromatic heterocycles. The van der Waals surface area contributed by atoms with Gasteiger partial charge in [0.25, 0.3) is 0 Å². The zero-order valence-electron chi connectivity index (χ0n) is 58.6. The van der Waals surface area contributed by atoms with Crippen LogP contribution in [0.2, 0.25) is 0 Å². The molecule has 0 aliphatic rings. The minimum absolute atomic E-state index is 0.104. The molecule has 0 aromatic rings. The van der Waals surface area contributed by atoms with E-state index < -0.39 is 97.5 Å².